The van der Waals surface area contributed by atoms with Gasteiger partial charge in [0.15, 0.2) is 0 Å². The standard InChI is InChI=1S/C18H21N3O6/c1-11-8-19(9-12(2)27-11)15(22)10-20-16(23)17(24)21(18(20)25)13-4-6-14(26-3)7-5-13/h4-7,11-12H,8-10H2,1-3H3/t11-,12-/m0/s1. The first-order valence-corrected chi connectivity index (χ1v) is 8.59. The van der Waals surface area contributed by atoms with E-state index in [1.54, 1.807) is 17.0 Å². The molecule has 0 aromatic heterocycles. The number of benzene rings is 1. The minimum Gasteiger partial charge on any atom is -0.497 e. The van der Waals surface area contributed by atoms with E-state index in [4.69, 9.17) is 9.47 Å². The second kappa shape index (κ2) is 7.36. The number of rotatable bonds is 4. The Morgan fingerprint density at radius 1 is 1.07 bits per heavy atom. The number of urea groups is 1. The Labute approximate surface area is 156 Å². The molecule has 5 amide bonds. The number of hydrogen-bond acceptors (Lipinski definition) is 6. The molecule has 9 nitrogen and oxygen atoms in total. The highest BCUT2D eigenvalue weighted by Gasteiger charge is 2.46. The van der Waals surface area contributed by atoms with Crippen molar-refractivity contribution in [1.82, 2.24) is 9.80 Å². The number of amides is 5. The summed E-state index contributed by atoms with van der Waals surface area (Å²) < 4.78 is 10.6. The van der Waals surface area contributed by atoms with Crippen molar-refractivity contribution in [3.63, 3.8) is 0 Å². The number of carbonyl (C=O) groups excluding carboxylic acids is 4. The van der Waals surface area contributed by atoms with E-state index in [0.29, 0.717) is 23.7 Å². The second-order valence-corrected chi connectivity index (χ2v) is 6.57. The van der Waals surface area contributed by atoms with E-state index in [9.17, 15) is 19.2 Å². The van der Waals surface area contributed by atoms with Gasteiger partial charge in [0.05, 0.1) is 25.0 Å². The maximum Gasteiger partial charge on any atom is 0.339 e. The molecule has 0 unspecified atom stereocenters. The van der Waals surface area contributed by atoms with Gasteiger partial charge in [-0.3, -0.25) is 14.4 Å². The molecule has 2 aliphatic rings. The van der Waals surface area contributed by atoms with Crippen molar-refractivity contribution in [1.29, 1.82) is 0 Å². The zero-order valence-electron chi connectivity index (χ0n) is 15.4. The van der Waals surface area contributed by atoms with Gasteiger partial charge in [-0.05, 0) is 38.1 Å². The minimum atomic E-state index is -1.02. The van der Waals surface area contributed by atoms with Gasteiger partial charge < -0.3 is 14.4 Å². The Hall–Kier alpha value is -2.94. The summed E-state index contributed by atoms with van der Waals surface area (Å²) in [5.41, 5.74) is 0.239. The van der Waals surface area contributed by atoms with Crippen LogP contribution in [0.5, 0.6) is 5.75 Å². The normalized spacial score (nSPS) is 23.2. The molecule has 0 spiro atoms. The fourth-order valence-corrected chi connectivity index (χ4v) is 3.22. The molecular weight excluding hydrogens is 354 g/mol. The van der Waals surface area contributed by atoms with E-state index in [1.165, 1.54) is 19.2 Å². The molecule has 0 bridgehead atoms. The van der Waals surface area contributed by atoms with Gasteiger partial charge in [0.25, 0.3) is 0 Å². The predicted octanol–water partition coefficient (Wildman–Crippen LogP) is 0.626. The van der Waals surface area contributed by atoms with Crippen molar-refractivity contribution < 1.29 is 28.7 Å². The van der Waals surface area contributed by atoms with Crippen molar-refractivity contribution in [3.05, 3.63) is 24.3 Å². The van der Waals surface area contributed by atoms with E-state index in [2.05, 4.69) is 0 Å². The van der Waals surface area contributed by atoms with Gasteiger partial charge in [-0.25, -0.2) is 14.6 Å². The van der Waals surface area contributed by atoms with E-state index in [1.807, 2.05) is 13.8 Å². The molecule has 2 aliphatic heterocycles. The van der Waals surface area contributed by atoms with Crippen LogP contribution in [0.4, 0.5) is 10.5 Å². The molecule has 2 fully saturated rings. The van der Waals surface area contributed by atoms with Gasteiger partial charge in [0, 0.05) is 13.1 Å². The van der Waals surface area contributed by atoms with Crippen LogP contribution < -0.4 is 9.64 Å². The lowest BCUT2D eigenvalue weighted by Crippen LogP contribution is -2.51. The van der Waals surface area contributed by atoms with Crippen LogP contribution in [0, 0.1) is 0 Å². The van der Waals surface area contributed by atoms with Crippen LogP contribution in [0.15, 0.2) is 24.3 Å². The van der Waals surface area contributed by atoms with Crippen molar-refractivity contribution in [2.75, 3.05) is 31.6 Å². The van der Waals surface area contributed by atoms with Gasteiger partial charge in [0.2, 0.25) is 5.91 Å². The quantitative estimate of drug-likeness (QED) is 0.566. The number of nitrogens with zero attached hydrogens (tertiary/aromatic N) is 3. The third kappa shape index (κ3) is 3.63. The van der Waals surface area contributed by atoms with Crippen LogP contribution in [0.3, 0.4) is 0 Å². The van der Waals surface area contributed by atoms with Crippen LogP contribution in [0.25, 0.3) is 0 Å². The van der Waals surface area contributed by atoms with Gasteiger partial charge >= 0.3 is 17.8 Å². The first-order valence-electron chi connectivity index (χ1n) is 8.59. The Morgan fingerprint density at radius 3 is 2.22 bits per heavy atom. The molecule has 3 rings (SSSR count). The summed E-state index contributed by atoms with van der Waals surface area (Å²) in [5.74, 6) is -1.85. The van der Waals surface area contributed by atoms with Crippen LogP contribution in [0.2, 0.25) is 0 Å². The summed E-state index contributed by atoms with van der Waals surface area (Å²) in [4.78, 5) is 52.7. The Kier molecular flexibility index (Phi) is 5.13. The second-order valence-electron chi connectivity index (χ2n) is 6.57. The number of hydrogen-bond donors (Lipinski definition) is 0. The van der Waals surface area contributed by atoms with E-state index < -0.39 is 30.3 Å². The largest absolute Gasteiger partial charge is 0.497 e. The monoisotopic (exact) mass is 375 g/mol. The summed E-state index contributed by atoms with van der Waals surface area (Å²) in [5, 5.41) is 0. The zero-order valence-corrected chi connectivity index (χ0v) is 15.4. The van der Waals surface area contributed by atoms with E-state index in [0.717, 1.165) is 4.90 Å². The van der Waals surface area contributed by atoms with Crippen LogP contribution in [-0.2, 0) is 19.1 Å². The van der Waals surface area contributed by atoms with Crippen molar-refractivity contribution >= 4 is 29.4 Å². The third-order valence-electron chi connectivity index (χ3n) is 4.45. The molecule has 2 heterocycles. The number of carbonyl (C=O) groups is 4. The highest BCUT2D eigenvalue weighted by Crippen LogP contribution is 2.25. The molecular formula is C18H21N3O6. The Balaban J connectivity index is 1.74. The minimum absolute atomic E-state index is 0.139. The summed E-state index contributed by atoms with van der Waals surface area (Å²) in [6.45, 7) is 3.95. The number of methoxy groups -OCH3 is 1. The van der Waals surface area contributed by atoms with E-state index in [-0.39, 0.29) is 17.9 Å². The molecule has 0 aliphatic carbocycles. The third-order valence-corrected chi connectivity index (χ3v) is 4.45. The zero-order chi connectivity index (χ0) is 19.7. The maximum absolute atomic E-state index is 12.6. The highest BCUT2D eigenvalue weighted by atomic mass is 16.5. The average Bonchev–Trinajstić information content (AvgIpc) is 2.84. The SMILES string of the molecule is COc1ccc(N2C(=O)C(=O)N(CC(=O)N3C[C@H](C)O[C@@H](C)C3)C2=O)cc1. The molecule has 0 N–H and O–H groups in total. The molecule has 9 heteroatoms. The Bertz CT molecular complexity index is 768. The molecule has 0 radical (unpaired) electrons. The fourth-order valence-electron chi connectivity index (χ4n) is 3.22. The van der Waals surface area contributed by atoms with Gasteiger partial charge in [0.1, 0.15) is 12.3 Å². The highest BCUT2D eigenvalue weighted by molar-refractivity contribution is 6.53. The molecule has 1 aromatic rings. The van der Waals surface area contributed by atoms with Gasteiger partial charge in [-0.2, -0.15) is 0 Å². The molecule has 144 valence electrons. The molecule has 0 saturated carbocycles. The molecule has 2 saturated heterocycles. The van der Waals surface area contributed by atoms with Crippen LogP contribution in [-0.4, -0.2) is 72.5 Å². The summed E-state index contributed by atoms with van der Waals surface area (Å²) >= 11 is 0. The van der Waals surface area contributed by atoms with Gasteiger partial charge in [-0.1, -0.05) is 0 Å². The summed E-state index contributed by atoms with van der Waals surface area (Å²) in [6, 6.07) is 5.31. The van der Waals surface area contributed by atoms with Crippen molar-refractivity contribution in [2.45, 2.75) is 26.1 Å². The average molecular weight is 375 g/mol. The lowest BCUT2D eigenvalue weighted by atomic mass is 10.2. The predicted molar refractivity (Wildman–Crippen MR) is 94.2 cm³/mol. The summed E-state index contributed by atoms with van der Waals surface area (Å²) in [7, 11) is 1.49. The molecule has 27 heavy (non-hydrogen) atoms. The maximum atomic E-state index is 12.6. The number of anilines is 1. The Morgan fingerprint density at radius 2 is 1.67 bits per heavy atom. The van der Waals surface area contributed by atoms with Crippen molar-refractivity contribution in [2.24, 2.45) is 0 Å². The number of ether oxygens (including phenoxy) is 2. The molecule has 1 aromatic carbocycles. The smallest absolute Gasteiger partial charge is 0.339 e. The van der Waals surface area contributed by atoms with E-state index >= 15 is 0 Å². The first kappa shape index (κ1) is 18.8. The fraction of sp³-hybridized carbons (Fsp3) is 0.444. The lowest BCUT2D eigenvalue weighted by Gasteiger charge is -2.35. The molecule has 2 atom stereocenters. The topological polar surface area (TPSA) is 96.5 Å². The summed E-state index contributed by atoms with van der Waals surface area (Å²) in [6.07, 6.45) is -0.278. The van der Waals surface area contributed by atoms with Crippen LogP contribution in [0.1, 0.15) is 13.8 Å². The number of imide groups is 2. The first-order chi connectivity index (χ1) is 12.8. The van der Waals surface area contributed by atoms with Crippen molar-refractivity contribution in [3.8, 4) is 5.75 Å². The number of morpholine rings is 1. The van der Waals surface area contributed by atoms with Gasteiger partial charge in [-0.15, -0.1) is 0 Å². The van der Waals surface area contributed by atoms with Crippen LogP contribution >= 0.6 is 0 Å². The lowest BCUT2D eigenvalue weighted by molar-refractivity contribution is -0.147.